The quantitative estimate of drug-likeness (QED) is 0.707. The fraction of sp³-hybridized carbons (Fsp3) is 0.136. The summed E-state index contributed by atoms with van der Waals surface area (Å²) in [6.45, 7) is 0.712. The van der Waals surface area contributed by atoms with E-state index in [1.165, 1.54) is 0 Å². The second kappa shape index (κ2) is 7.92. The van der Waals surface area contributed by atoms with Crippen LogP contribution in [0.3, 0.4) is 0 Å². The van der Waals surface area contributed by atoms with E-state index < -0.39 is 0 Å². The van der Waals surface area contributed by atoms with Crippen molar-refractivity contribution in [2.45, 2.75) is 12.8 Å². The van der Waals surface area contributed by atoms with Gasteiger partial charge in [-0.25, -0.2) is 9.78 Å². The second-order valence-corrected chi connectivity index (χ2v) is 6.54. The lowest BCUT2D eigenvalue weighted by molar-refractivity contribution is -0.117. The molecule has 2 heterocycles. The first-order chi connectivity index (χ1) is 13.7. The van der Waals surface area contributed by atoms with Gasteiger partial charge in [-0.2, -0.15) is 0 Å². The van der Waals surface area contributed by atoms with Gasteiger partial charge in [0.15, 0.2) is 0 Å². The predicted octanol–water partition coefficient (Wildman–Crippen LogP) is 4.52. The van der Waals surface area contributed by atoms with E-state index in [4.69, 9.17) is 0 Å². The molecule has 1 aromatic heterocycles. The largest absolute Gasteiger partial charge is 0.324 e. The van der Waals surface area contributed by atoms with Gasteiger partial charge >= 0.3 is 6.03 Å². The number of carbonyl (C=O) groups excluding carboxylic acids is 2. The normalized spacial score (nSPS) is 13.4. The van der Waals surface area contributed by atoms with Crippen molar-refractivity contribution in [3.8, 4) is 11.1 Å². The Balaban J connectivity index is 1.45. The van der Waals surface area contributed by atoms with Crippen molar-refractivity contribution >= 4 is 29.1 Å². The molecule has 0 aliphatic carbocycles. The summed E-state index contributed by atoms with van der Waals surface area (Å²) < 4.78 is 0. The highest BCUT2D eigenvalue weighted by Crippen LogP contribution is 2.27. The molecule has 28 heavy (non-hydrogen) atoms. The van der Waals surface area contributed by atoms with Crippen molar-refractivity contribution in [3.05, 3.63) is 72.9 Å². The summed E-state index contributed by atoms with van der Waals surface area (Å²) in [5, 5.41) is 5.61. The Kier molecular flexibility index (Phi) is 5.01. The van der Waals surface area contributed by atoms with E-state index in [1.54, 1.807) is 23.2 Å². The van der Waals surface area contributed by atoms with Gasteiger partial charge in [-0.05, 0) is 30.2 Å². The summed E-state index contributed by atoms with van der Waals surface area (Å²) in [5.41, 5.74) is 3.43. The van der Waals surface area contributed by atoms with Gasteiger partial charge in [0, 0.05) is 18.5 Å². The highest BCUT2D eigenvalue weighted by Gasteiger charge is 2.21. The molecule has 1 saturated heterocycles. The van der Waals surface area contributed by atoms with E-state index in [9.17, 15) is 9.59 Å². The highest BCUT2D eigenvalue weighted by molar-refractivity contribution is 6.02. The van der Waals surface area contributed by atoms with E-state index >= 15 is 0 Å². The van der Waals surface area contributed by atoms with Gasteiger partial charge in [-0.1, -0.05) is 48.5 Å². The summed E-state index contributed by atoms with van der Waals surface area (Å²) >= 11 is 0. The SMILES string of the molecule is O=C(Nc1ccc(N2CCCC2=O)cn1)Nc1ccccc1-c1ccccc1. The zero-order valence-corrected chi connectivity index (χ0v) is 15.3. The van der Waals surface area contributed by atoms with Crippen molar-refractivity contribution in [3.63, 3.8) is 0 Å². The summed E-state index contributed by atoms with van der Waals surface area (Å²) in [7, 11) is 0. The van der Waals surface area contributed by atoms with E-state index in [-0.39, 0.29) is 11.9 Å². The molecule has 0 atom stereocenters. The monoisotopic (exact) mass is 372 g/mol. The van der Waals surface area contributed by atoms with Gasteiger partial charge in [0.2, 0.25) is 5.91 Å². The number of hydrogen-bond donors (Lipinski definition) is 2. The zero-order chi connectivity index (χ0) is 19.3. The molecule has 6 heteroatoms. The molecule has 1 aliphatic rings. The van der Waals surface area contributed by atoms with Crippen LogP contribution in [0.25, 0.3) is 11.1 Å². The minimum Gasteiger partial charge on any atom is -0.311 e. The number of rotatable bonds is 4. The number of nitrogens with one attached hydrogen (secondary N) is 2. The van der Waals surface area contributed by atoms with Crippen LogP contribution in [0.1, 0.15) is 12.8 Å². The maximum atomic E-state index is 12.4. The van der Waals surface area contributed by atoms with Gasteiger partial charge < -0.3 is 10.2 Å². The van der Waals surface area contributed by atoms with Crippen molar-refractivity contribution in [1.29, 1.82) is 0 Å². The van der Waals surface area contributed by atoms with E-state index in [2.05, 4.69) is 15.6 Å². The molecular formula is C22H20N4O2. The van der Waals surface area contributed by atoms with Crippen LogP contribution in [0.5, 0.6) is 0 Å². The Labute approximate surface area is 163 Å². The minimum absolute atomic E-state index is 0.109. The number of nitrogens with zero attached hydrogens (tertiary/aromatic N) is 2. The molecule has 3 aromatic rings. The number of para-hydroxylation sites is 1. The Morgan fingerprint density at radius 2 is 1.71 bits per heavy atom. The van der Waals surface area contributed by atoms with Crippen molar-refractivity contribution < 1.29 is 9.59 Å². The third-order valence-corrected chi connectivity index (χ3v) is 4.63. The van der Waals surface area contributed by atoms with Gasteiger partial charge in [-0.15, -0.1) is 0 Å². The maximum absolute atomic E-state index is 12.4. The molecule has 140 valence electrons. The number of amides is 3. The van der Waals surface area contributed by atoms with Gasteiger partial charge in [0.05, 0.1) is 17.6 Å². The van der Waals surface area contributed by atoms with Gasteiger partial charge in [-0.3, -0.25) is 10.1 Å². The molecule has 0 saturated carbocycles. The average molecular weight is 372 g/mol. The Hall–Kier alpha value is -3.67. The molecule has 2 aromatic carbocycles. The lowest BCUT2D eigenvalue weighted by atomic mass is 10.0. The molecule has 0 radical (unpaired) electrons. The standard InChI is InChI=1S/C22H20N4O2/c27-21-11-6-14-26(21)17-12-13-20(23-15-17)25-22(28)24-19-10-5-4-9-18(19)16-7-2-1-3-8-16/h1-5,7-10,12-13,15H,6,11,14H2,(H2,23,24,25,28). The van der Waals surface area contributed by atoms with Crippen LogP contribution < -0.4 is 15.5 Å². The van der Waals surface area contributed by atoms with E-state index in [0.29, 0.717) is 24.5 Å². The van der Waals surface area contributed by atoms with E-state index in [1.807, 2.05) is 54.6 Å². The lowest BCUT2D eigenvalue weighted by Gasteiger charge is -2.15. The zero-order valence-electron chi connectivity index (χ0n) is 15.3. The average Bonchev–Trinajstić information content (AvgIpc) is 3.15. The summed E-state index contributed by atoms with van der Waals surface area (Å²) in [5.74, 6) is 0.530. The number of benzene rings is 2. The van der Waals surface area contributed by atoms with Crippen LogP contribution in [0.2, 0.25) is 0 Å². The van der Waals surface area contributed by atoms with Crippen LogP contribution in [-0.2, 0) is 4.79 Å². The summed E-state index contributed by atoms with van der Waals surface area (Å²) in [4.78, 5) is 30.2. The first-order valence-corrected chi connectivity index (χ1v) is 9.19. The van der Waals surface area contributed by atoms with Crippen LogP contribution in [0.15, 0.2) is 72.9 Å². The third kappa shape index (κ3) is 3.86. The number of carbonyl (C=O) groups is 2. The Morgan fingerprint density at radius 1 is 0.929 bits per heavy atom. The summed E-state index contributed by atoms with van der Waals surface area (Å²) in [6.07, 6.45) is 3.04. The molecule has 1 aliphatic heterocycles. The van der Waals surface area contributed by atoms with Crippen LogP contribution in [0.4, 0.5) is 22.0 Å². The smallest absolute Gasteiger partial charge is 0.311 e. The molecule has 3 amide bonds. The molecule has 0 spiro atoms. The fourth-order valence-corrected chi connectivity index (χ4v) is 3.27. The maximum Gasteiger partial charge on any atom is 0.324 e. The first kappa shape index (κ1) is 17.7. The van der Waals surface area contributed by atoms with Crippen LogP contribution in [0, 0.1) is 0 Å². The van der Waals surface area contributed by atoms with Gasteiger partial charge in [0.1, 0.15) is 5.82 Å². The van der Waals surface area contributed by atoms with Crippen molar-refractivity contribution in [1.82, 2.24) is 4.98 Å². The third-order valence-electron chi connectivity index (χ3n) is 4.63. The lowest BCUT2D eigenvalue weighted by Crippen LogP contribution is -2.24. The molecule has 6 nitrogen and oxygen atoms in total. The predicted molar refractivity (Wildman–Crippen MR) is 110 cm³/mol. The topological polar surface area (TPSA) is 74.3 Å². The molecule has 2 N–H and O–H groups in total. The Morgan fingerprint density at radius 3 is 2.43 bits per heavy atom. The number of hydrogen-bond acceptors (Lipinski definition) is 3. The molecule has 1 fully saturated rings. The minimum atomic E-state index is -0.374. The number of anilines is 3. The number of pyridine rings is 1. The molecule has 0 unspecified atom stereocenters. The van der Waals surface area contributed by atoms with Gasteiger partial charge in [0.25, 0.3) is 0 Å². The molecule has 4 rings (SSSR count). The highest BCUT2D eigenvalue weighted by atomic mass is 16.2. The number of aromatic nitrogens is 1. The molecule has 0 bridgehead atoms. The summed E-state index contributed by atoms with van der Waals surface area (Å²) in [6, 6.07) is 20.6. The Bertz CT molecular complexity index is 987. The van der Waals surface area contributed by atoms with Crippen LogP contribution in [-0.4, -0.2) is 23.5 Å². The number of urea groups is 1. The van der Waals surface area contributed by atoms with Crippen LogP contribution >= 0.6 is 0 Å². The van der Waals surface area contributed by atoms with Crippen molar-refractivity contribution in [2.75, 3.05) is 22.1 Å². The fourth-order valence-electron chi connectivity index (χ4n) is 3.27. The molecular weight excluding hydrogens is 352 g/mol. The van der Waals surface area contributed by atoms with E-state index in [0.717, 1.165) is 23.2 Å². The first-order valence-electron chi connectivity index (χ1n) is 9.19. The second-order valence-electron chi connectivity index (χ2n) is 6.54. The van der Waals surface area contributed by atoms with Crippen molar-refractivity contribution in [2.24, 2.45) is 0 Å².